The molecule has 0 aliphatic carbocycles. The van der Waals surface area contributed by atoms with Crippen LogP contribution in [-0.4, -0.2) is 75.5 Å². The van der Waals surface area contributed by atoms with Crippen molar-refractivity contribution in [1.29, 1.82) is 0 Å². The summed E-state index contributed by atoms with van der Waals surface area (Å²) in [5.74, 6) is 1.62. The van der Waals surface area contributed by atoms with Gasteiger partial charge in [0.2, 0.25) is 0 Å². The highest BCUT2D eigenvalue weighted by atomic mass is 16.5. The zero-order valence-electron chi connectivity index (χ0n) is 22.7. The maximum Gasteiger partial charge on any atom is 0.325 e. The number of rotatable bonds is 18. The van der Waals surface area contributed by atoms with Gasteiger partial charge < -0.3 is 24.5 Å². The van der Waals surface area contributed by atoms with Crippen LogP contribution >= 0.6 is 0 Å². The molecule has 2 heterocycles. The molecule has 1 aromatic carbocycles. The van der Waals surface area contributed by atoms with E-state index in [9.17, 15) is 4.79 Å². The first-order valence-corrected chi connectivity index (χ1v) is 13.4. The third-order valence-corrected chi connectivity index (χ3v) is 6.34. The van der Waals surface area contributed by atoms with Gasteiger partial charge in [0.1, 0.15) is 18.2 Å². The summed E-state index contributed by atoms with van der Waals surface area (Å²) >= 11 is 0. The van der Waals surface area contributed by atoms with E-state index in [4.69, 9.17) is 4.74 Å². The second kappa shape index (κ2) is 15.8. The number of aromatic amines is 2. The second-order valence-electron chi connectivity index (χ2n) is 9.43. The van der Waals surface area contributed by atoms with Gasteiger partial charge in [0, 0.05) is 43.6 Å². The Bertz CT molecular complexity index is 948. The number of carbonyl (C=O) groups is 1. The van der Waals surface area contributed by atoms with Crippen LogP contribution in [0.4, 0.5) is 5.69 Å². The highest BCUT2D eigenvalue weighted by Crippen LogP contribution is 2.19. The van der Waals surface area contributed by atoms with Crippen molar-refractivity contribution in [2.75, 3.05) is 44.7 Å². The smallest absolute Gasteiger partial charge is 0.325 e. The third-order valence-electron chi connectivity index (χ3n) is 6.34. The fraction of sp³-hybridized carbons (Fsp3) is 0.536. The molecule has 3 aromatic rings. The number of unbranched alkanes of at least 4 members (excludes halogenated alkanes) is 1. The first kappa shape index (κ1) is 28.4. The highest BCUT2D eigenvalue weighted by Gasteiger charge is 2.14. The molecule has 0 unspecified atom stereocenters. The number of nitrogens with zero attached hydrogens (tertiary/aromatic N) is 5. The Labute approximate surface area is 221 Å². The van der Waals surface area contributed by atoms with Crippen molar-refractivity contribution < 1.29 is 9.53 Å². The normalized spacial score (nSPS) is 11.4. The zero-order chi connectivity index (χ0) is 26.3. The molecule has 202 valence electrons. The molecule has 0 saturated heterocycles. The zero-order valence-corrected chi connectivity index (χ0v) is 22.7. The number of H-pyrrole nitrogens is 2. The predicted octanol–water partition coefficient (Wildman–Crippen LogP) is 4.22. The van der Waals surface area contributed by atoms with Crippen molar-refractivity contribution in [3.05, 3.63) is 66.3 Å². The SMILES string of the molecule is CCCN(CCC)CCCCN(CC(=O)OC)c1ccc(CN(Cc2ncc[nH]2)Cc2ncc[nH]2)cc1. The number of anilines is 1. The number of hydrogen-bond acceptors (Lipinski definition) is 7. The average molecular weight is 510 g/mol. The van der Waals surface area contributed by atoms with E-state index in [2.05, 4.69) is 72.7 Å². The molecule has 3 rings (SSSR count). The molecule has 0 fully saturated rings. The van der Waals surface area contributed by atoms with Crippen LogP contribution in [0.5, 0.6) is 0 Å². The maximum atomic E-state index is 12.1. The molecule has 0 spiro atoms. The molecule has 0 atom stereocenters. The fourth-order valence-corrected chi connectivity index (χ4v) is 4.56. The highest BCUT2D eigenvalue weighted by molar-refractivity contribution is 5.75. The summed E-state index contributed by atoms with van der Waals surface area (Å²) in [4.78, 5) is 34.2. The minimum atomic E-state index is -0.217. The first-order valence-electron chi connectivity index (χ1n) is 13.4. The van der Waals surface area contributed by atoms with E-state index in [0.717, 1.165) is 62.9 Å². The quantitative estimate of drug-likeness (QED) is 0.196. The fourth-order valence-electron chi connectivity index (χ4n) is 4.56. The Balaban J connectivity index is 1.61. The van der Waals surface area contributed by atoms with Crippen molar-refractivity contribution in [1.82, 2.24) is 29.7 Å². The number of ether oxygens (including phenoxy) is 1. The molecule has 0 radical (unpaired) electrons. The molecule has 9 nitrogen and oxygen atoms in total. The van der Waals surface area contributed by atoms with Crippen molar-refractivity contribution in [2.45, 2.75) is 59.2 Å². The molecule has 0 bridgehead atoms. The summed E-state index contributed by atoms with van der Waals surface area (Å²) in [5.41, 5.74) is 2.23. The van der Waals surface area contributed by atoms with Gasteiger partial charge in [-0.15, -0.1) is 0 Å². The lowest BCUT2D eigenvalue weighted by molar-refractivity contribution is -0.138. The summed E-state index contributed by atoms with van der Waals surface area (Å²) in [6.07, 6.45) is 11.7. The number of methoxy groups -OCH3 is 1. The van der Waals surface area contributed by atoms with Crippen LogP contribution in [0.1, 0.15) is 56.7 Å². The minimum Gasteiger partial charge on any atom is -0.468 e. The number of carbonyl (C=O) groups excluding carboxylic acids is 1. The van der Waals surface area contributed by atoms with Gasteiger partial charge in [0.05, 0.1) is 20.2 Å². The van der Waals surface area contributed by atoms with Gasteiger partial charge in [-0.3, -0.25) is 9.69 Å². The van der Waals surface area contributed by atoms with Crippen molar-refractivity contribution in [3.8, 4) is 0 Å². The lowest BCUT2D eigenvalue weighted by atomic mass is 10.1. The van der Waals surface area contributed by atoms with Crippen LogP contribution in [0.25, 0.3) is 0 Å². The lowest BCUT2D eigenvalue weighted by Gasteiger charge is -2.26. The van der Waals surface area contributed by atoms with Gasteiger partial charge in [-0.05, 0) is 63.0 Å². The second-order valence-corrected chi connectivity index (χ2v) is 9.43. The number of imidazole rings is 2. The van der Waals surface area contributed by atoms with Crippen molar-refractivity contribution >= 4 is 11.7 Å². The number of esters is 1. The van der Waals surface area contributed by atoms with Gasteiger partial charge in [-0.25, -0.2) is 9.97 Å². The molecule has 2 aromatic heterocycles. The Morgan fingerprint density at radius 2 is 1.41 bits per heavy atom. The molecular formula is C28H43N7O2. The molecule has 0 aliphatic rings. The Hall–Kier alpha value is -3.17. The van der Waals surface area contributed by atoms with Crippen molar-refractivity contribution in [2.24, 2.45) is 0 Å². The van der Waals surface area contributed by atoms with E-state index in [-0.39, 0.29) is 12.5 Å². The molecule has 2 N–H and O–H groups in total. The molecule has 0 aliphatic heterocycles. The van der Waals surface area contributed by atoms with Crippen molar-refractivity contribution in [3.63, 3.8) is 0 Å². The monoisotopic (exact) mass is 509 g/mol. The third kappa shape index (κ3) is 10.0. The van der Waals surface area contributed by atoms with Crippen LogP contribution in [0, 0.1) is 0 Å². The van der Waals surface area contributed by atoms with Crippen LogP contribution in [0.3, 0.4) is 0 Å². The lowest BCUT2D eigenvalue weighted by Crippen LogP contribution is -2.32. The maximum absolute atomic E-state index is 12.1. The first-order chi connectivity index (χ1) is 18.1. The number of hydrogen-bond donors (Lipinski definition) is 2. The van der Waals surface area contributed by atoms with Gasteiger partial charge in [-0.2, -0.15) is 0 Å². The van der Waals surface area contributed by atoms with Gasteiger partial charge in [-0.1, -0.05) is 26.0 Å². The molecular weight excluding hydrogens is 466 g/mol. The van der Waals surface area contributed by atoms with Crippen LogP contribution in [0.2, 0.25) is 0 Å². The Morgan fingerprint density at radius 1 is 0.811 bits per heavy atom. The summed E-state index contributed by atoms with van der Waals surface area (Å²) < 4.78 is 4.97. The predicted molar refractivity (Wildman–Crippen MR) is 147 cm³/mol. The van der Waals surface area contributed by atoms with Crippen LogP contribution < -0.4 is 4.90 Å². The molecule has 37 heavy (non-hydrogen) atoms. The van der Waals surface area contributed by atoms with E-state index in [0.29, 0.717) is 13.1 Å². The summed E-state index contributed by atoms with van der Waals surface area (Å²) in [6.45, 7) is 11.1. The topological polar surface area (TPSA) is 93.4 Å². The summed E-state index contributed by atoms with van der Waals surface area (Å²) in [6, 6.07) is 8.50. The standard InChI is InChI=1S/C28H43N7O2/c1-4-16-33(17-5-2)18-6-7-19-35(23-28(36)37-3)25-10-8-24(9-11-25)20-34(21-26-29-12-13-30-26)22-27-31-14-15-32-27/h8-15H,4-7,16-23H2,1-3H3,(H,29,30)(H,31,32). The Kier molecular flexibility index (Phi) is 12.2. The van der Waals surface area contributed by atoms with Crippen LogP contribution in [0.15, 0.2) is 49.1 Å². The molecule has 0 amide bonds. The van der Waals surface area contributed by atoms with Gasteiger partial charge >= 0.3 is 5.97 Å². The summed E-state index contributed by atoms with van der Waals surface area (Å²) in [7, 11) is 1.45. The number of benzene rings is 1. The Morgan fingerprint density at radius 3 is 1.92 bits per heavy atom. The van der Waals surface area contributed by atoms with Gasteiger partial charge in [0.15, 0.2) is 0 Å². The van der Waals surface area contributed by atoms with E-state index in [1.54, 1.807) is 12.4 Å². The van der Waals surface area contributed by atoms with Crippen LogP contribution in [-0.2, 0) is 29.2 Å². The number of nitrogens with one attached hydrogen (secondary N) is 2. The summed E-state index contributed by atoms with van der Waals surface area (Å²) in [5, 5.41) is 0. The largest absolute Gasteiger partial charge is 0.468 e. The van der Waals surface area contributed by atoms with E-state index in [1.165, 1.54) is 25.5 Å². The van der Waals surface area contributed by atoms with Gasteiger partial charge in [0.25, 0.3) is 0 Å². The van der Waals surface area contributed by atoms with E-state index in [1.807, 2.05) is 12.4 Å². The minimum absolute atomic E-state index is 0.217. The molecule has 0 saturated carbocycles. The molecule has 9 heteroatoms. The van der Waals surface area contributed by atoms with E-state index >= 15 is 0 Å². The number of aromatic nitrogens is 4. The van der Waals surface area contributed by atoms with E-state index < -0.39 is 0 Å². The average Bonchev–Trinajstić information content (AvgIpc) is 3.61.